The van der Waals surface area contributed by atoms with Gasteiger partial charge in [0, 0.05) is 12.2 Å². The molecule has 0 saturated heterocycles. The molecule has 1 aromatic heterocycles. The van der Waals surface area contributed by atoms with Gasteiger partial charge in [-0.15, -0.1) is 0 Å². The first-order chi connectivity index (χ1) is 10.5. The number of hydrogen-bond donors (Lipinski definition) is 3. The van der Waals surface area contributed by atoms with Gasteiger partial charge in [-0.2, -0.15) is 0 Å². The molecule has 0 atom stereocenters. The molecule has 2 aromatic rings. The second kappa shape index (κ2) is 6.75. The summed E-state index contributed by atoms with van der Waals surface area (Å²) in [6.07, 6.45) is 0.633. The lowest BCUT2D eigenvalue weighted by Crippen LogP contribution is -2.24. The van der Waals surface area contributed by atoms with Gasteiger partial charge < -0.3 is 20.9 Å². The highest BCUT2D eigenvalue weighted by molar-refractivity contribution is 5.96. The topological polar surface area (TPSA) is 110 Å². The Balaban J connectivity index is 1.99. The number of carbonyl (C=O) groups excluding carboxylic acids is 2. The first kappa shape index (κ1) is 15.6. The van der Waals surface area contributed by atoms with E-state index in [1.807, 2.05) is 6.92 Å². The fourth-order valence-corrected chi connectivity index (χ4v) is 2.07. The van der Waals surface area contributed by atoms with E-state index in [4.69, 9.17) is 10.3 Å². The van der Waals surface area contributed by atoms with Gasteiger partial charge in [-0.25, -0.2) is 4.79 Å². The normalized spacial score (nSPS) is 10.3. The molecule has 4 N–H and O–H groups in total. The highest BCUT2D eigenvalue weighted by Crippen LogP contribution is 2.14. The number of nitrogens with zero attached hydrogens (tertiary/aromatic N) is 1. The number of primary amides is 1. The number of amides is 3. The molecule has 0 spiro atoms. The highest BCUT2D eigenvalue weighted by atomic mass is 16.5. The molecule has 0 saturated carbocycles. The summed E-state index contributed by atoms with van der Waals surface area (Å²) in [6.45, 7) is 3.99. The maximum atomic E-state index is 12.2. The molecular formula is C15H18N4O3. The number of nitrogens with two attached hydrogens (primary N) is 1. The fourth-order valence-electron chi connectivity index (χ4n) is 2.07. The molecule has 1 heterocycles. The van der Waals surface area contributed by atoms with Gasteiger partial charge in [0.1, 0.15) is 11.3 Å². The Morgan fingerprint density at radius 2 is 1.95 bits per heavy atom. The second-order valence-corrected chi connectivity index (χ2v) is 4.78. The molecule has 7 nitrogen and oxygen atoms in total. The molecule has 0 aliphatic heterocycles. The quantitative estimate of drug-likeness (QED) is 0.784. The summed E-state index contributed by atoms with van der Waals surface area (Å²) >= 11 is 0. The first-order valence-electron chi connectivity index (χ1n) is 6.90. The van der Waals surface area contributed by atoms with Crippen LogP contribution < -0.4 is 16.4 Å². The van der Waals surface area contributed by atoms with Crippen molar-refractivity contribution in [1.29, 1.82) is 0 Å². The van der Waals surface area contributed by atoms with E-state index in [-0.39, 0.29) is 5.91 Å². The summed E-state index contributed by atoms with van der Waals surface area (Å²) in [6, 6.07) is 6.42. The van der Waals surface area contributed by atoms with Crippen LogP contribution in [0.1, 0.15) is 34.3 Å². The predicted molar refractivity (Wildman–Crippen MR) is 81.4 cm³/mol. The Kier molecular flexibility index (Phi) is 4.77. The number of rotatable bonds is 5. The lowest BCUT2D eigenvalue weighted by atomic mass is 10.1. The summed E-state index contributed by atoms with van der Waals surface area (Å²) in [5.41, 5.74) is 7.68. The molecule has 7 heteroatoms. The van der Waals surface area contributed by atoms with Crippen molar-refractivity contribution in [2.24, 2.45) is 5.73 Å². The second-order valence-electron chi connectivity index (χ2n) is 4.78. The van der Waals surface area contributed by atoms with Gasteiger partial charge in [-0.1, -0.05) is 24.2 Å². The summed E-state index contributed by atoms with van der Waals surface area (Å²) < 4.78 is 5.05. The Bertz CT molecular complexity index is 677. The van der Waals surface area contributed by atoms with E-state index in [2.05, 4.69) is 15.8 Å². The number of aromatic nitrogens is 1. The van der Waals surface area contributed by atoms with Gasteiger partial charge in [0.25, 0.3) is 5.91 Å². The Morgan fingerprint density at radius 3 is 2.55 bits per heavy atom. The maximum Gasteiger partial charge on any atom is 0.316 e. The molecule has 0 fully saturated rings. The van der Waals surface area contributed by atoms with E-state index in [1.54, 1.807) is 31.2 Å². The fraction of sp³-hybridized carbons (Fsp3) is 0.267. The molecule has 0 aliphatic carbocycles. The van der Waals surface area contributed by atoms with Crippen molar-refractivity contribution in [1.82, 2.24) is 10.5 Å². The Hall–Kier alpha value is -2.83. The summed E-state index contributed by atoms with van der Waals surface area (Å²) in [5, 5.41) is 9.16. The van der Waals surface area contributed by atoms with Crippen molar-refractivity contribution in [3.05, 3.63) is 46.8 Å². The van der Waals surface area contributed by atoms with Crippen LogP contribution in [0.4, 0.5) is 10.5 Å². The Morgan fingerprint density at radius 1 is 1.27 bits per heavy atom. The summed E-state index contributed by atoms with van der Waals surface area (Å²) in [5.74, 6) is 0.297. The number of anilines is 1. The highest BCUT2D eigenvalue weighted by Gasteiger charge is 2.18. The van der Waals surface area contributed by atoms with Crippen molar-refractivity contribution in [3.63, 3.8) is 0 Å². The van der Waals surface area contributed by atoms with Crippen molar-refractivity contribution < 1.29 is 14.1 Å². The van der Waals surface area contributed by atoms with E-state index >= 15 is 0 Å². The molecular weight excluding hydrogens is 284 g/mol. The smallest absolute Gasteiger partial charge is 0.316 e. The largest absolute Gasteiger partial charge is 0.361 e. The van der Waals surface area contributed by atoms with Gasteiger partial charge in [0.2, 0.25) is 0 Å². The van der Waals surface area contributed by atoms with Crippen LogP contribution in [-0.4, -0.2) is 17.1 Å². The number of aryl methyl sites for hydroxylation is 2. The van der Waals surface area contributed by atoms with Crippen LogP contribution in [0.5, 0.6) is 0 Å². The molecule has 0 unspecified atom stereocenters. The number of benzene rings is 1. The van der Waals surface area contributed by atoms with Crippen LogP contribution in [0.2, 0.25) is 0 Å². The van der Waals surface area contributed by atoms with Crippen molar-refractivity contribution >= 4 is 17.6 Å². The van der Waals surface area contributed by atoms with Crippen LogP contribution in [0, 0.1) is 6.92 Å². The molecule has 0 aliphatic rings. The zero-order valence-corrected chi connectivity index (χ0v) is 12.5. The third-order valence-corrected chi connectivity index (χ3v) is 3.17. The molecule has 0 bridgehead atoms. The van der Waals surface area contributed by atoms with E-state index in [0.717, 1.165) is 5.56 Å². The van der Waals surface area contributed by atoms with Crippen LogP contribution in [0.25, 0.3) is 0 Å². The molecule has 116 valence electrons. The van der Waals surface area contributed by atoms with Gasteiger partial charge in [0.05, 0.1) is 5.69 Å². The zero-order chi connectivity index (χ0) is 16.1. The lowest BCUT2D eigenvalue weighted by molar-refractivity contribution is 0.0948. The van der Waals surface area contributed by atoms with E-state index < -0.39 is 6.03 Å². The third kappa shape index (κ3) is 3.63. The molecule has 0 radical (unpaired) electrons. The SMILES string of the molecule is CCc1noc(C)c1C(=O)NCc1ccc(NC(N)=O)cc1. The number of carbonyl (C=O) groups is 2. The van der Waals surface area contributed by atoms with Crippen molar-refractivity contribution in [3.8, 4) is 0 Å². The van der Waals surface area contributed by atoms with Gasteiger partial charge in [-0.3, -0.25) is 4.79 Å². The number of urea groups is 1. The Labute approximate surface area is 127 Å². The summed E-state index contributed by atoms with van der Waals surface area (Å²) in [7, 11) is 0. The van der Waals surface area contributed by atoms with E-state index in [0.29, 0.717) is 35.7 Å². The average molecular weight is 302 g/mol. The molecule has 2 rings (SSSR count). The standard InChI is InChI=1S/C15H18N4O3/c1-3-12-13(9(2)22-19-12)14(20)17-8-10-4-6-11(7-5-10)18-15(16)21/h4-7H,3,8H2,1-2H3,(H,17,20)(H3,16,18,21). The average Bonchev–Trinajstić information content (AvgIpc) is 2.86. The van der Waals surface area contributed by atoms with Crippen LogP contribution in [-0.2, 0) is 13.0 Å². The third-order valence-electron chi connectivity index (χ3n) is 3.17. The monoisotopic (exact) mass is 302 g/mol. The first-order valence-corrected chi connectivity index (χ1v) is 6.90. The van der Waals surface area contributed by atoms with Crippen LogP contribution >= 0.6 is 0 Å². The van der Waals surface area contributed by atoms with Crippen LogP contribution in [0.3, 0.4) is 0 Å². The number of hydrogen-bond acceptors (Lipinski definition) is 4. The zero-order valence-electron chi connectivity index (χ0n) is 12.5. The van der Waals surface area contributed by atoms with Gasteiger partial charge in [0.15, 0.2) is 0 Å². The van der Waals surface area contributed by atoms with Gasteiger partial charge in [-0.05, 0) is 31.0 Å². The summed E-state index contributed by atoms with van der Waals surface area (Å²) in [4.78, 5) is 22.9. The minimum Gasteiger partial charge on any atom is -0.361 e. The molecule has 1 aromatic carbocycles. The maximum absolute atomic E-state index is 12.2. The molecule has 22 heavy (non-hydrogen) atoms. The van der Waals surface area contributed by atoms with Crippen LogP contribution in [0.15, 0.2) is 28.8 Å². The van der Waals surface area contributed by atoms with E-state index in [1.165, 1.54) is 0 Å². The van der Waals surface area contributed by atoms with Crippen molar-refractivity contribution in [2.75, 3.05) is 5.32 Å². The minimum atomic E-state index is -0.615. The predicted octanol–water partition coefficient (Wildman–Crippen LogP) is 1.97. The van der Waals surface area contributed by atoms with Crippen molar-refractivity contribution in [2.45, 2.75) is 26.8 Å². The van der Waals surface area contributed by atoms with E-state index in [9.17, 15) is 9.59 Å². The minimum absolute atomic E-state index is 0.213. The van der Waals surface area contributed by atoms with Gasteiger partial charge >= 0.3 is 6.03 Å². The lowest BCUT2D eigenvalue weighted by Gasteiger charge is -2.07. The number of nitrogens with one attached hydrogen (secondary N) is 2. The molecule has 3 amide bonds.